The van der Waals surface area contributed by atoms with Crippen molar-refractivity contribution in [1.29, 1.82) is 0 Å². The van der Waals surface area contributed by atoms with E-state index in [0.29, 0.717) is 40.2 Å². The molecular weight excluding hydrogens is 1770 g/mol. The number of carbonyl (C=O) groups is 7. The predicted octanol–water partition coefficient (Wildman–Crippen LogP) is 19.4. The van der Waals surface area contributed by atoms with Crippen LogP contribution in [-0.4, -0.2) is 199 Å². The monoisotopic (exact) mass is 1880 g/mol. The van der Waals surface area contributed by atoms with Crippen LogP contribution in [0.3, 0.4) is 0 Å². The molecule has 0 aliphatic carbocycles. The van der Waals surface area contributed by atoms with Crippen molar-refractivity contribution >= 4 is 64.3 Å². The SMILES string of the molecule is CC(C)(C)OC(=O)N1CC(c2ccncc2)C1.O=C(O)c1ccc(-c2ccccc2)cc1.O=C(O)c1nccs1.O=C(c1ccc(-c2ccccc2)cc1)N1CC(C2CCN(C(=O)c3nccs3)CC2)C1.O=C(c1ccc(-c2ccccc2)cc1)N1CC(C2CCNCC2)C1.O=C(c1ccc(-c2ccccc2)cc1)N1CC(c2ccncc2)C1.[CH3-].[Pd].c1cc(C2CNC2)ccn1. The van der Waals surface area contributed by atoms with E-state index in [0.717, 1.165) is 178 Å². The molecule has 22 nitrogen and oxygen atoms in total. The second-order valence-electron chi connectivity index (χ2n) is 33.9. The standard InChI is InChI=1S/C25H25N3O2S.C21H24N2O.C21H18N2O.C13H18N2O2.C13H10O2.C8H10N2.C4H3NO2S.CH3.Pd/c29-24(21-8-6-19(7-9-21)18-4-2-1-3-5-18)28-16-22(17-28)20-10-13-27(14-11-20)25(30)23-26-12-15-31-23;2*24-21(23-14-20(15-23)18-10-12-22-13-11-18)19-8-6-17(7-9-19)16-4-2-1-3-5-16;1-13(2,3)17-12(16)15-8-11(9-15)10-4-6-14-7-5-10;14-13(15)12-8-6-11(7-9-12)10-4-2-1-3-5-10;1-3-9-4-2-7(1)8-5-10-6-8;6-4(7)3-5-1-2-8-3;;/h1-9,12,15,20,22H,10-11,13-14,16-17H2;1-9,18,20,22H,10-15H2;1-13,20H,14-15H2;4-7,11H,8-9H2,1-3H3;1-9H,(H,14,15);1-4,8,10H,5-6H2;1-2H,(H,6,7);1H3;/q;;;;;;;-1;. The number of carboxylic acids is 2. The number of amides is 5. The fourth-order valence-electron chi connectivity index (χ4n) is 16.4. The van der Waals surface area contributed by atoms with Gasteiger partial charge in [0.05, 0.1) is 5.56 Å². The molecule has 20 rings (SSSR count). The molecule has 7 aliphatic rings. The van der Waals surface area contributed by atoms with Gasteiger partial charge in [0.2, 0.25) is 5.01 Å². The van der Waals surface area contributed by atoms with E-state index in [4.69, 9.17) is 14.9 Å². The van der Waals surface area contributed by atoms with Crippen LogP contribution in [0.4, 0.5) is 4.79 Å². The van der Waals surface area contributed by atoms with Gasteiger partial charge in [0, 0.05) is 194 Å². The maximum absolute atomic E-state index is 12.8. The van der Waals surface area contributed by atoms with Crippen molar-refractivity contribution in [2.75, 3.05) is 91.6 Å². The van der Waals surface area contributed by atoms with Gasteiger partial charge in [-0.2, -0.15) is 0 Å². The van der Waals surface area contributed by atoms with Crippen molar-refractivity contribution < 1.29 is 68.9 Å². The number of piperidine rings is 2. The second kappa shape index (κ2) is 48.2. The van der Waals surface area contributed by atoms with Gasteiger partial charge in [-0.3, -0.25) is 34.1 Å². The minimum atomic E-state index is -0.958. The molecule has 0 bridgehead atoms. The summed E-state index contributed by atoms with van der Waals surface area (Å²) in [7, 11) is 0. The van der Waals surface area contributed by atoms with Crippen molar-refractivity contribution in [3.8, 4) is 44.5 Å². The molecule has 0 saturated carbocycles. The van der Waals surface area contributed by atoms with Gasteiger partial charge in [-0.05, 0) is 229 Å². The summed E-state index contributed by atoms with van der Waals surface area (Å²) in [4.78, 5) is 112. The van der Waals surface area contributed by atoms with Crippen LogP contribution in [0.2, 0.25) is 0 Å². The number of nitrogens with zero attached hydrogens (tertiary/aromatic N) is 10. The van der Waals surface area contributed by atoms with Crippen molar-refractivity contribution in [3.05, 3.63) is 372 Å². The van der Waals surface area contributed by atoms with Gasteiger partial charge in [0.15, 0.2) is 5.01 Å². The first-order valence-corrected chi connectivity index (χ1v) is 45.7. The summed E-state index contributed by atoms with van der Waals surface area (Å²) in [6.07, 6.45) is 18.4. The molecule has 7 aliphatic heterocycles. The van der Waals surface area contributed by atoms with E-state index in [9.17, 15) is 33.6 Å². The van der Waals surface area contributed by atoms with Gasteiger partial charge in [-0.25, -0.2) is 24.4 Å². The molecule has 4 N–H and O–H groups in total. The van der Waals surface area contributed by atoms with Gasteiger partial charge in [0.25, 0.3) is 23.6 Å². The Hall–Kier alpha value is -12.9. The number of ether oxygens (including phenoxy) is 1. The summed E-state index contributed by atoms with van der Waals surface area (Å²) in [6.45, 7) is 18.3. The van der Waals surface area contributed by atoms with E-state index >= 15 is 0 Å². The number of rotatable bonds is 15. The zero-order valence-electron chi connectivity index (χ0n) is 74.1. The van der Waals surface area contributed by atoms with Crippen LogP contribution in [0, 0.1) is 31.1 Å². The van der Waals surface area contributed by atoms with Gasteiger partial charge < -0.3 is 57.5 Å². The van der Waals surface area contributed by atoms with Crippen LogP contribution in [0.15, 0.2) is 315 Å². The van der Waals surface area contributed by atoms with Gasteiger partial charge in [0.1, 0.15) is 5.60 Å². The topological polar surface area (TPSA) is 274 Å². The van der Waals surface area contributed by atoms with Gasteiger partial charge in [-0.15, -0.1) is 22.7 Å². The number of thiazole rings is 2. The molecule has 678 valence electrons. The van der Waals surface area contributed by atoms with E-state index < -0.39 is 17.5 Å². The molecule has 7 saturated heterocycles. The largest absolute Gasteiger partial charge is 0.478 e. The molecule has 8 aromatic carbocycles. The summed E-state index contributed by atoms with van der Waals surface area (Å²) in [5.41, 5.74) is 15.1. The number of pyridine rings is 3. The van der Waals surface area contributed by atoms with Crippen LogP contribution in [0.1, 0.15) is 142 Å². The van der Waals surface area contributed by atoms with Crippen LogP contribution < -0.4 is 10.6 Å². The Morgan fingerprint density at radius 3 is 0.954 bits per heavy atom. The Morgan fingerprint density at radius 1 is 0.336 bits per heavy atom. The number of hydrogen-bond acceptors (Lipinski definition) is 17. The van der Waals surface area contributed by atoms with Crippen LogP contribution in [0.5, 0.6) is 0 Å². The van der Waals surface area contributed by atoms with E-state index in [1.807, 2.05) is 265 Å². The molecule has 131 heavy (non-hydrogen) atoms. The third kappa shape index (κ3) is 27.4. The molecule has 5 aromatic heterocycles. The first-order valence-electron chi connectivity index (χ1n) is 43.9. The number of aromatic carboxylic acids is 2. The maximum Gasteiger partial charge on any atom is 0.410 e. The molecule has 0 unspecified atom stereocenters. The van der Waals surface area contributed by atoms with E-state index in [-0.39, 0.29) is 62.6 Å². The quantitative estimate of drug-likeness (QED) is 0.0548. The summed E-state index contributed by atoms with van der Waals surface area (Å²) in [6, 6.07) is 83.4. The van der Waals surface area contributed by atoms with E-state index in [1.165, 1.54) is 58.2 Å². The average molecular weight is 1880 g/mol. The Balaban J connectivity index is 0.000000143. The van der Waals surface area contributed by atoms with Crippen LogP contribution >= 0.6 is 22.7 Å². The van der Waals surface area contributed by atoms with E-state index in [1.54, 1.807) is 41.0 Å². The molecule has 5 amide bonds. The first-order chi connectivity index (χ1) is 62.8. The summed E-state index contributed by atoms with van der Waals surface area (Å²) in [5, 5.41) is 27.8. The zero-order chi connectivity index (χ0) is 89.9. The summed E-state index contributed by atoms with van der Waals surface area (Å²) in [5.74, 6) is 2.85. The fourth-order valence-corrected chi connectivity index (χ4v) is 17.5. The average Bonchev–Trinajstić information content (AvgIpc) is 0.919. The fraction of sp³-hybridized carbons (Fsp3) is 0.274. The number of carbonyl (C=O) groups excluding carboxylic acids is 5. The second-order valence-corrected chi connectivity index (χ2v) is 35.7. The zero-order valence-corrected chi connectivity index (χ0v) is 77.2. The molecule has 0 atom stereocenters. The normalized spacial score (nSPS) is 15.5. The minimum Gasteiger partial charge on any atom is -0.478 e. The number of nitrogens with one attached hydrogen (secondary N) is 2. The third-order valence-corrected chi connectivity index (χ3v) is 25.7. The van der Waals surface area contributed by atoms with E-state index in [2.05, 4.69) is 84.1 Å². The minimum absolute atomic E-state index is 0. The number of carboxylic acid groups (broad SMARTS) is 2. The smallest absolute Gasteiger partial charge is 0.410 e. The van der Waals surface area contributed by atoms with Crippen molar-refractivity contribution in [3.63, 3.8) is 0 Å². The molecular formula is C106H111N12O10PdS2-. The first kappa shape index (κ1) is 97.2. The van der Waals surface area contributed by atoms with Crippen LogP contribution in [0.25, 0.3) is 44.5 Å². The van der Waals surface area contributed by atoms with Gasteiger partial charge in [-0.1, -0.05) is 170 Å². The maximum atomic E-state index is 12.8. The molecule has 25 heteroatoms. The molecule has 7 fully saturated rings. The predicted molar refractivity (Wildman–Crippen MR) is 513 cm³/mol. The van der Waals surface area contributed by atoms with Crippen molar-refractivity contribution in [2.24, 2.45) is 23.7 Å². The Labute approximate surface area is 789 Å². The molecule has 0 radical (unpaired) electrons. The summed E-state index contributed by atoms with van der Waals surface area (Å²) < 4.78 is 5.30. The van der Waals surface area contributed by atoms with Crippen LogP contribution in [-0.2, 0) is 25.2 Å². The van der Waals surface area contributed by atoms with Crippen molar-refractivity contribution in [2.45, 2.75) is 69.8 Å². The molecule has 13 aromatic rings. The number of benzene rings is 8. The van der Waals surface area contributed by atoms with Crippen molar-refractivity contribution in [1.82, 2.24) is 60.1 Å². The Kier molecular flexibility index (Phi) is 35.7. The summed E-state index contributed by atoms with van der Waals surface area (Å²) >= 11 is 2.52. The Bertz CT molecular complexity index is 5690. The Morgan fingerprint density at radius 2 is 0.649 bits per heavy atom. The third-order valence-electron chi connectivity index (χ3n) is 24.1. The molecule has 0 spiro atoms. The van der Waals surface area contributed by atoms with Gasteiger partial charge >= 0.3 is 18.0 Å². The number of likely N-dealkylation sites (tertiary alicyclic amines) is 5. The molecule has 12 heterocycles. The number of aromatic nitrogens is 5. The number of hydrogen-bond donors (Lipinski definition) is 4.